The number of alkyl halides is 2. The van der Waals surface area contributed by atoms with Crippen LogP contribution in [0.1, 0.15) is 106 Å². The van der Waals surface area contributed by atoms with E-state index >= 15 is 0 Å². The lowest BCUT2D eigenvalue weighted by Crippen LogP contribution is -2.66. The van der Waals surface area contributed by atoms with Gasteiger partial charge in [-0.1, -0.05) is 65.3 Å². The normalized spacial score (nSPS) is 42.7. The van der Waals surface area contributed by atoms with Gasteiger partial charge < -0.3 is 0 Å². The molecule has 3 fully saturated rings. The van der Waals surface area contributed by atoms with Gasteiger partial charge in [0.2, 0.25) is 0 Å². The maximum Gasteiger partial charge on any atom is 0.283 e. The molecule has 0 radical (unpaired) electrons. The van der Waals surface area contributed by atoms with Crippen molar-refractivity contribution in [2.24, 2.45) is 44.8 Å². The Labute approximate surface area is 241 Å². The Morgan fingerprint density at radius 2 is 1.71 bits per heavy atom. The molecule has 0 N–H and O–H groups in total. The van der Waals surface area contributed by atoms with Crippen LogP contribution < -0.4 is 0 Å². The molecule has 8 heteroatoms. The van der Waals surface area contributed by atoms with E-state index in [1.54, 1.807) is 4.68 Å². The third kappa shape index (κ3) is 3.50. The molecular weight excluding hydrogens is 522 g/mol. The van der Waals surface area contributed by atoms with Crippen molar-refractivity contribution in [1.82, 2.24) is 15.0 Å². The lowest BCUT2D eigenvalue weighted by atomic mass is 9.35. The molecule has 0 saturated heterocycles. The summed E-state index contributed by atoms with van der Waals surface area (Å²) in [6.07, 6.45) is 8.15. The van der Waals surface area contributed by atoms with Crippen molar-refractivity contribution in [3.05, 3.63) is 35.2 Å². The maximum atomic E-state index is 14.6. The number of nitriles is 1. The molecule has 0 amide bonds. The Hall–Kier alpha value is -2.69. The minimum Gasteiger partial charge on any atom is -0.295 e. The summed E-state index contributed by atoms with van der Waals surface area (Å²) in [7, 11) is 0. The Bertz CT molecular complexity index is 1450. The second-order valence-corrected chi connectivity index (χ2v) is 15.7. The number of carbonyl (C=O) groups is 2. The first-order valence-electron chi connectivity index (χ1n) is 15.1. The van der Waals surface area contributed by atoms with Gasteiger partial charge in [-0.05, 0) is 79.1 Å². The van der Waals surface area contributed by atoms with Gasteiger partial charge in [0.05, 0.1) is 17.3 Å². The van der Waals surface area contributed by atoms with E-state index in [9.17, 15) is 23.6 Å². The molecule has 1 heterocycles. The number of allylic oxidation sites excluding steroid dienone is 4. The lowest BCUT2D eigenvalue weighted by molar-refractivity contribution is -0.169. The van der Waals surface area contributed by atoms with Gasteiger partial charge in [0.15, 0.2) is 11.6 Å². The predicted molar refractivity (Wildman–Crippen MR) is 149 cm³/mol. The van der Waals surface area contributed by atoms with E-state index in [0.29, 0.717) is 0 Å². The molecular formula is C33H42F2N4O2. The summed E-state index contributed by atoms with van der Waals surface area (Å²) in [5.74, 6) is -0.391. The fraction of sp³-hybridized carbons (Fsp3) is 0.727. The minimum atomic E-state index is -2.69. The quantitative estimate of drug-likeness (QED) is 0.381. The van der Waals surface area contributed by atoms with E-state index in [-0.39, 0.29) is 56.8 Å². The fourth-order valence-corrected chi connectivity index (χ4v) is 10.6. The highest BCUT2D eigenvalue weighted by Crippen LogP contribution is 2.74. The molecule has 3 saturated carbocycles. The maximum absolute atomic E-state index is 14.6. The molecule has 0 aromatic carbocycles. The molecule has 41 heavy (non-hydrogen) atoms. The second-order valence-electron chi connectivity index (χ2n) is 15.7. The van der Waals surface area contributed by atoms with Gasteiger partial charge in [-0.3, -0.25) is 9.59 Å². The second kappa shape index (κ2) is 8.45. The number of ketones is 2. The van der Waals surface area contributed by atoms with Crippen LogP contribution in [-0.4, -0.2) is 26.6 Å². The lowest BCUT2D eigenvalue weighted by Gasteiger charge is -2.69. The molecule has 2 unspecified atom stereocenters. The number of aromatic nitrogens is 3. The molecule has 5 aliphatic rings. The molecule has 6 rings (SSSR count). The van der Waals surface area contributed by atoms with Crippen molar-refractivity contribution in [1.29, 1.82) is 5.26 Å². The Morgan fingerprint density at radius 3 is 2.34 bits per heavy atom. The Kier molecular flexibility index (Phi) is 5.86. The number of carbonyl (C=O) groups excluding carboxylic acids is 2. The SMILES string of the molecule is CC1(C)CC[C@]2(n3cc(C(F)F)nn3)CC[C@]3(C)[C@H](C(=O)C=C4[C@@]5(C)C=C(C#N)C(=O)C(C)(C)C5CC[C@]43C)C2C1. The van der Waals surface area contributed by atoms with Gasteiger partial charge in [-0.15, -0.1) is 5.10 Å². The molecule has 6 nitrogen and oxygen atoms in total. The number of rotatable bonds is 2. The van der Waals surface area contributed by atoms with E-state index in [1.165, 1.54) is 6.20 Å². The van der Waals surface area contributed by atoms with E-state index < -0.39 is 22.8 Å². The Morgan fingerprint density at radius 1 is 1.02 bits per heavy atom. The smallest absolute Gasteiger partial charge is 0.283 e. The number of Topliss-reactive ketones (excluding diaryl/α,β-unsaturated/α-hetero) is 1. The van der Waals surface area contributed by atoms with E-state index in [0.717, 1.165) is 50.5 Å². The van der Waals surface area contributed by atoms with Gasteiger partial charge in [0.1, 0.15) is 11.8 Å². The number of hydrogen-bond donors (Lipinski definition) is 0. The average Bonchev–Trinajstić information content (AvgIpc) is 3.39. The first-order valence-corrected chi connectivity index (χ1v) is 15.1. The van der Waals surface area contributed by atoms with Crippen LogP contribution in [0.2, 0.25) is 0 Å². The van der Waals surface area contributed by atoms with Crippen molar-refractivity contribution in [2.75, 3.05) is 0 Å². The predicted octanol–water partition coefficient (Wildman–Crippen LogP) is 7.14. The van der Waals surface area contributed by atoms with E-state index in [4.69, 9.17) is 0 Å². The van der Waals surface area contributed by atoms with Crippen LogP contribution in [0.3, 0.4) is 0 Å². The highest BCUT2D eigenvalue weighted by atomic mass is 19.3. The van der Waals surface area contributed by atoms with Crippen molar-refractivity contribution in [3.63, 3.8) is 0 Å². The average molecular weight is 565 g/mol. The van der Waals surface area contributed by atoms with Crippen LogP contribution in [0.25, 0.3) is 0 Å². The summed E-state index contributed by atoms with van der Waals surface area (Å²) in [6, 6.07) is 2.16. The molecule has 7 atom stereocenters. The molecule has 1 aromatic heterocycles. The molecule has 1 aromatic rings. The molecule has 220 valence electrons. The largest absolute Gasteiger partial charge is 0.295 e. The summed E-state index contributed by atoms with van der Waals surface area (Å²) >= 11 is 0. The zero-order valence-electron chi connectivity index (χ0n) is 25.4. The summed E-state index contributed by atoms with van der Waals surface area (Å²) in [5, 5.41) is 18.0. The number of fused-ring (bicyclic) bond motifs is 7. The van der Waals surface area contributed by atoms with Crippen LogP contribution in [0, 0.1) is 56.2 Å². The highest BCUT2D eigenvalue weighted by Gasteiger charge is 2.70. The number of halogens is 2. The van der Waals surface area contributed by atoms with Crippen LogP contribution in [0.4, 0.5) is 8.78 Å². The minimum absolute atomic E-state index is 0.00550. The number of hydrogen-bond acceptors (Lipinski definition) is 5. The third-order valence-electron chi connectivity index (χ3n) is 13.0. The zero-order valence-corrected chi connectivity index (χ0v) is 25.4. The summed E-state index contributed by atoms with van der Waals surface area (Å²) < 4.78 is 28.9. The van der Waals surface area contributed by atoms with Crippen LogP contribution in [0.15, 0.2) is 29.5 Å². The zero-order chi connectivity index (χ0) is 30.0. The van der Waals surface area contributed by atoms with Crippen LogP contribution in [0.5, 0.6) is 0 Å². The summed E-state index contributed by atoms with van der Waals surface area (Å²) in [5.41, 5.74) is -1.59. The van der Waals surface area contributed by atoms with Crippen LogP contribution in [-0.2, 0) is 15.1 Å². The molecule has 0 bridgehead atoms. The van der Waals surface area contributed by atoms with E-state index in [2.05, 4.69) is 51.0 Å². The van der Waals surface area contributed by atoms with Gasteiger partial charge in [-0.2, -0.15) is 5.26 Å². The standard InChI is InChI=1S/C33H42F2N4O2/c1-28(2)10-12-33(39-18-21(27(34)35)37-38-39)13-11-32(7)25(20(33)16-28)22(40)14-24-30(5)15-19(17-36)26(41)29(3,4)23(30)8-9-31(24,32)6/h14-15,18,20,23,25,27H,8-13,16H2,1-7H3/t20?,23?,25-,30-,31+,32+,33-/m0/s1. The highest BCUT2D eigenvalue weighted by molar-refractivity contribution is 6.04. The van der Waals surface area contributed by atoms with Crippen molar-refractivity contribution in [3.8, 4) is 6.07 Å². The first kappa shape index (κ1) is 28.4. The van der Waals surface area contributed by atoms with Crippen molar-refractivity contribution in [2.45, 2.75) is 105 Å². The van der Waals surface area contributed by atoms with Gasteiger partial charge in [-0.25, -0.2) is 13.5 Å². The molecule has 0 spiro atoms. The van der Waals surface area contributed by atoms with Crippen LogP contribution >= 0.6 is 0 Å². The van der Waals surface area contributed by atoms with Gasteiger partial charge in [0, 0.05) is 16.7 Å². The summed E-state index contributed by atoms with van der Waals surface area (Å²) in [4.78, 5) is 27.8. The third-order valence-corrected chi connectivity index (χ3v) is 13.0. The first-order chi connectivity index (χ1) is 19.0. The van der Waals surface area contributed by atoms with Crippen molar-refractivity contribution >= 4 is 11.6 Å². The topological polar surface area (TPSA) is 88.6 Å². The van der Waals surface area contributed by atoms with Gasteiger partial charge in [0.25, 0.3) is 6.43 Å². The molecule has 0 aliphatic heterocycles. The monoisotopic (exact) mass is 564 g/mol. The van der Waals surface area contributed by atoms with Gasteiger partial charge >= 0.3 is 0 Å². The summed E-state index contributed by atoms with van der Waals surface area (Å²) in [6.45, 7) is 15.1. The van der Waals surface area contributed by atoms with E-state index in [1.807, 2.05) is 26.0 Å². The number of nitrogens with zero attached hydrogens (tertiary/aromatic N) is 4. The fourth-order valence-electron chi connectivity index (χ4n) is 10.6. The van der Waals surface area contributed by atoms with Crippen molar-refractivity contribution < 1.29 is 18.4 Å². The Balaban J connectivity index is 1.52. The molecule has 5 aliphatic carbocycles.